The van der Waals surface area contributed by atoms with Crippen LogP contribution in [-0.4, -0.2) is 58.9 Å². The fraction of sp³-hybridized carbons (Fsp3) is 0.263. The number of nitrogens with zero attached hydrogens (tertiary/aromatic N) is 3. The first-order valence-electron chi connectivity index (χ1n) is 8.84. The van der Waals surface area contributed by atoms with Crippen LogP contribution in [0.3, 0.4) is 0 Å². The number of rotatable bonds is 5. The van der Waals surface area contributed by atoms with Crippen molar-refractivity contribution in [2.45, 2.75) is 6.10 Å². The van der Waals surface area contributed by atoms with Crippen LogP contribution in [0.2, 0.25) is 0 Å². The number of hydrogen-bond donors (Lipinski definition) is 3. The van der Waals surface area contributed by atoms with Crippen LogP contribution in [0, 0.1) is 0 Å². The molecule has 1 aliphatic heterocycles. The first-order chi connectivity index (χ1) is 13.3. The number of morpholine rings is 1. The van der Waals surface area contributed by atoms with E-state index >= 15 is 0 Å². The Labute approximate surface area is 156 Å². The summed E-state index contributed by atoms with van der Waals surface area (Å²) in [5, 5.41) is 20.1. The Morgan fingerprint density at radius 3 is 2.41 bits per heavy atom. The molecule has 3 aromatic rings. The summed E-state index contributed by atoms with van der Waals surface area (Å²) in [6, 6.07) is 15.4. The molecule has 0 saturated carbocycles. The third-order valence-electron chi connectivity index (χ3n) is 4.46. The van der Waals surface area contributed by atoms with Crippen molar-refractivity contribution in [3.63, 3.8) is 0 Å². The van der Waals surface area contributed by atoms with Gasteiger partial charge in [-0.25, -0.2) is 0 Å². The molecular formula is C19H20N6O2. The molecule has 0 spiro atoms. The van der Waals surface area contributed by atoms with E-state index in [9.17, 15) is 4.79 Å². The number of ether oxygens (including phenoxy) is 1. The highest BCUT2D eigenvalue weighted by atomic mass is 16.5. The van der Waals surface area contributed by atoms with Crippen molar-refractivity contribution in [3.8, 4) is 22.5 Å². The average molecular weight is 364 g/mol. The molecule has 1 amide bonds. The van der Waals surface area contributed by atoms with Gasteiger partial charge in [-0.15, -0.1) is 10.2 Å². The van der Waals surface area contributed by atoms with Crippen molar-refractivity contribution in [2.75, 3.05) is 26.2 Å². The summed E-state index contributed by atoms with van der Waals surface area (Å²) >= 11 is 0. The first-order valence-corrected chi connectivity index (χ1v) is 8.84. The maximum absolute atomic E-state index is 12.3. The minimum absolute atomic E-state index is 0.0275. The molecule has 0 radical (unpaired) electrons. The monoisotopic (exact) mass is 364 g/mol. The predicted octanol–water partition coefficient (Wildman–Crippen LogP) is 1.25. The second kappa shape index (κ2) is 8.07. The third kappa shape index (κ3) is 4.18. The van der Waals surface area contributed by atoms with Gasteiger partial charge in [-0.3, -0.25) is 4.79 Å². The van der Waals surface area contributed by atoms with Crippen LogP contribution in [0.1, 0.15) is 10.4 Å². The molecule has 1 aliphatic rings. The Kier molecular flexibility index (Phi) is 5.17. The second-order valence-electron chi connectivity index (χ2n) is 6.30. The maximum Gasteiger partial charge on any atom is 0.251 e. The lowest BCUT2D eigenvalue weighted by Crippen LogP contribution is -2.45. The SMILES string of the molecule is O=C(NCC1CNCCO1)c1ccc(-c2ccc(-c3nn[nH]n3)cc2)cc1. The summed E-state index contributed by atoms with van der Waals surface area (Å²) in [5.41, 5.74) is 3.61. The lowest BCUT2D eigenvalue weighted by Gasteiger charge is -2.23. The number of carbonyl (C=O) groups is 1. The van der Waals surface area contributed by atoms with Crippen LogP contribution < -0.4 is 10.6 Å². The Hall–Kier alpha value is -3.10. The van der Waals surface area contributed by atoms with Crippen LogP contribution in [0.15, 0.2) is 48.5 Å². The fourth-order valence-corrected chi connectivity index (χ4v) is 2.97. The molecule has 1 aromatic heterocycles. The van der Waals surface area contributed by atoms with Gasteiger partial charge < -0.3 is 15.4 Å². The summed E-state index contributed by atoms with van der Waals surface area (Å²) in [4.78, 5) is 12.3. The van der Waals surface area contributed by atoms with E-state index in [1.807, 2.05) is 48.5 Å². The zero-order valence-corrected chi connectivity index (χ0v) is 14.7. The van der Waals surface area contributed by atoms with E-state index in [1.165, 1.54) is 0 Å². The molecule has 4 rings (SSSR count). The van der Waals surface area contributed by atoms with Gasteiger partial charge in [-0.1, -0.05) is 36.4 Å². The second-order valence-corrected chi connectivity index (χ2v) is 6.30. The largest absolute Gasteiger partial charge is 0.374 e. The zero-order chi connectivity index (χ0) is 18.5. The van der Waals surface area contributed by atoms with Gasteiger partial charge in [0.1, 0.15) is 0 Å². The van der Waals surface area contributed by atoms with Crippen molar-refractivity contribution in [1.29, 1.82) is 0 Å². The standard InChI is InChI=1S/C19H20N6O2/c26-19(21-12-17-11-20-9-10-27-17)16-7-3-14(4-8-16)13-1-5-15(6-2-13)18-22-24-25-23-18/h1-8,17,20H,9-12H2,(H,21,26)(H,22,23,24,25). The van der Waals surface area contributed by atoms with Gasteiger partial charge in [0.2, 0.25) is 5.82 Å². The van der Waals surface area contributed by atoms with E-state index in [-0.39, 0.29) is 12.0 Å². The number of H-pyrrole nitrogens is 1. The lowest BCUT2D eigenvalue weighted by atomic mass is 10.0. The smallest absolute Gasteiger partial charge is 0.251 e. The Balaban J connectivity index is 1.38. The number of amides is 1. The molecule has 1 atom stereocenters. The summed E-state index contributed by atoms with van der Waals surface area (Å²) in [6.45, 7) is 2.81. The minimum atomic E-state index is -0.0943. The lowest BCUT2D eigenvalue weighted by molar-refractivity contribution is 0.0287. The van der Waals surface area contributed by atoms with E-state index in [0.717, 1.165) is 29.8 Å². The Morgan fingerprint density at radius 2 is 1.78 bits per heavy atom. The van der Waals surface area contributed by atoms with Crippen molar-refractivity contribution < 1.29 is 9.53 Å². The van der Waals surface area contributed by atoms with Crippen LogP contribution >= 0.6 is 0 Å². The molecule has 0 aliphatic carbocycles. The third-order valence-corrected chi connectivity index (χ3v) is 4.46. The van der Waals surface area contributed by atoms with Gasteiger partial charge in [-0.05, 0) is 28.5 Å². The normalized spacial score (nSPS) is 16.8. The van der Waals surface area contributed by atoms with Gasteiger partial charge in [0.05, 0.1) is 12.7 Å². The zero-order valence-electron chi connectivity index (χ0n) is 14.7. The summed E-state index contributed by atoms with van der Waals surface area (Å²) in [7, 11) is 0. The number of tetrazole rings is 1. The average Bonchev–Trinajstić information content (AvgIpc) is 3.28. The highest BCUT2D eigenvalue weighted by molar-refractivity contribution is 5.94. The molecule has 1 saturated heterocycles. The minimum Gasteiger partial charge on any atom is -0.374 e. The van der Waals surface area contributed by atoms with E-state index in [4.69, 9.17) is 4.74 Å². The number of carbonyl (C=O) groups excluding carboxylic acids is 1. The number of nitrogens with one attached hydrogen (secondary N) is 3. The summed E-state index contributed by atoms with van der Waals surface area (Å²) in [6.07, 6.45) is 0.0275. The van der Waals surface area contributed by atoms with Crippen LogP contribution in [0.5, 0.6) is 0 Å². The number of aromatic amines is 1. The van der Waals surface area contributed by atoms with Gasteiger partial charge in [0, 0.05) is 30.8 Å². The van der Waals surface area contributed by atoms with Gasteiger partial charge in [0.15, 0.2) is 0 Å². The first kappa shape index (κ1) is 17.3. The quantitative estimate of drug-likeness (QED) is 0.629. The fourth-order valence-electron chi connectivity index (χ4n) is 2.97. The van der Waals surface area contributed by atoms with Crippen LogP contribution in [-0.2, 0) is 4.74 Å². The maximum atomic E-state index is 12.3. The molecule has 1 fully saturated rings. The van der Waals surface area contributed by atoms with Crippen molar-refractivity contribution in [2.24, 2.45) is 0 Å². The topological polar surface area (TPSA) is 105 Å². The van der Waals surface area contributed by atoms with E-state index in [0.29, 0.717) is 24.5 Å². The highest BCUT2D eigenvalue weighted by Crippen LogP contribution is 2.23. The Bertz CT molecular complexity index is 872. The molecule has 3 N–H and O–H groups in total. The van der Waals surface area contributed by atoms with Crippen molar-refractivity contribution in [1.82, 2.24) is 31.3 Å². The summed E-state index contributed by atoms with van der Waals surface area (Å²) in [5.74, 6) is 0.467. The molecule has 8 nitrogen and oxygen atoms in total. The molecule has 1 unspecified atom stereocenters. The van der Waals surface area contributed by atoms with Crippen LogP contribution in [0.4, 0.5) is 0 Å². The van der Waals surface area contributed by atoms with Crippen molar-refractivity contribution in [3.05, 3.63) is 54.1 Å². The van der Waals surface area contributed by atoms with E-state index in [1.54, 1.807) is 0 Å². The Morgan fingerprint density at radius 1 is 1.07 bits per heavy atom. The molecule has 8 heteroatoms. The predicted molar refractivity (Wildman–Crippen MR) is 100.0 cm³/mol. The molecule has 138 valence electrons. The highest BCUT2D eigenvalue weighted by Gasteiger charge is 2.15. The molecule has 0 bridgehead atoms. The van der Waals surface area contributed by atoms with Gasteiger partial charge in [0.25, 0.3) is 5.91 Å². The molecule has 2 aromatic carbocycles. The molecule has 2 heterocycles. The van der Waals surface area contributed by atoms with E-state index in [2.05, 4.69) is 31.3 Å². The van der Waals surface area contributed by atoms with E-state index < -0.39 is 0 Å². The van der Waals surface area contributed by atoms with Crippen molar-refractivity contribution >= 4 is 5.91 Å². The summed E-state index contributed by atoms with van der Waals surface area (Å²) < 4.78 is 5.59. The van der Waals surface area contributed by atoms with Gasteiger partial charge in [-0.2, -0.15) is 5.21 Å². The number of hydrogen-bond acceptors (Lipinski definition) is 6. The number of benzene rings is 2. The van der Waals surface area contributed by atoms with Crippen LogP contribution in [0.25, 0.3) is 22.5 Å². The van der Waals surface area contributed by atoms with Gasteiger partial charge >= 0.3 is 0 Å². The molecule has 27 heavy (non-hydrogen) atoms. The number of aromatic nitrogens is 4. The molecular weight excluding hydrogens is 344 g/mol.